The van der Waals surface area contributed by atoms with Crippen molar-refractivity contribution >= 4 is 11.8 Å². The van der Waals surface area contributed by atoms with Crippen molar-refractivity contribution in [3.63, 3.8) is 0 Å². The van der Waals surface area contributed by atoms with Crippen molar-refractivity contribution in [2.45, 2.75) is 24.9 Å². The Morgan fingerprint density at radius 2 is 1.78 bits per heavy atom. The first-order chi connectivity index (χ1) is 11.3. The summed E-state index contributed by atoms with van der Waals surface area (Å²) in [6.45, 7) is 2.16. The predicted molar refractivity (Wildman–Crippen MR) is 90.2 cm³/mol. The van der Waals surface area contributed by atoms with Crippen molar-refractivity contribution < 1.29 is 4.39 Å². The Hall–Kier alpha value is -2.21. The van der Waals surface area contributed by atoms with Crippen LogP contribution in [0.5, 0.6) is 0 Å². The lowest BCUT2D eigenvalue weighted by Crippen LogP contribution is -2.00. The molecular weight excluding hydrogens is 311 g/mol. The summed E-state index contributed by atoms with van der Waals surface area (Å²) in [5.41, 5.74) is 1.78. The highest BCUT2D eigenvalue weighted by Crippen LogP contribution is 2.28. The Morgan fingerprint density at radius 3 is 2.48 bits per heavy atom. The van der Waals surface area contributed by atoms with E-state index in [9.17, 15) is 4.39 Å². The van der Waals surface area contributed by atoms with Crippen molar-refractivity contribution in [1.29, 1.82) is 0 Å². The largest absolute Gasteiger partial charge is 0.270 e. The molecule has 2 heterocycles. The van der Waals surface area contributed by atoms with E-state index in [1.807, 2.05) is 16.7 Å². The third kappa shape index (κ3) is 3.59. The molecule has 3 aromatic rings. The summed E-state index contributed by atoms with van der Waals surface area (Å²) in [4.78, 5) is 4.04. The second kappa shape index (κ2) is 7.37. The lowest BCUT2D eigenvalue weighted by atomic mass is 10.2. The number of hydrogen-bond donors (Lipinski definition) is 0. The van der Waals surface area contributed by atoms with Gasteiger partial charge in [-0.2, -0.15) is 0 Å². The van der Waals surface area contributed by atoms with Gasteiger partial charge in [-0.25, -0.2) is 4.39 Å². The average molecular weight is 328 g/mol. The van der Waals surface area contributed by atoms with Gasteiger partial charge in [0.25, 0.3) is 0 Å². The number of nitrogens with zero attached hydrogens (tertiary/aromatic N) is 4. The third-order valence-corrected chi connectivity index (χ3v) is 4.40. The molecule has 0 N–H and O–H groups in total. The van der Waals surface area contributed by atoms with Crippen LogP contribution < -0.4 is 0 Å². The van der Waals surface area contributed by atoms with E-state index in [1.165, 1.54) is 12.1 Å². The highest BCUT2D eigenvalue weighted by atomic mass is 32.2. The smallest absolute Gasteiger partial charge is 0.196 e. The van der Waals surface area contributed by atoms with Crippen molar-refractivity contribution in [3.8, 4) is 17.1 Å². The van der Waals surface area contributed by atoms with Crippen molar-refractivity contribution in [1.82, 2.24) is 19.7 Å². The van der Waals surface area contributed by atoms with E-state index in [0.717, 1.165) is 40.8 Å². The molecule has 23 heavy (non-hydrogen) atoms. The lowest BCUT2D eigenvalue weighted by Gasteiger charge is -2.10. The first-order valence-electron chi connectivity index (χ1n) is 7.54. The number of thioether (sulfide) groups is 1. The molecule has 3 rings (SSSR count). The van der Waals surface area contributed by atoms with Crippen LogP contribution >= 0.6 is 11.8 Å². The van der Waals surface area contributed by atoms with Gasteiger partial charge in [-0.15, -0.1) is 10.2 Å². The molecule has 0 aliphatic carbocycles. The highest BCUT2D eigenvalue weighted by molar-refractivity contribution is 7.99. The summed E-state index contributed by atoms with van der Waals surface area (Å²) in [6.07, 6.45) is 5.70. The molecule has 0 saturated carbocycles. The van der Waals surface area contributed by atoms with E-state index < -0.39 is 0 Å². The van der Waals surface area contributed by atoms with E-state index in [-0.39, 0.29) is 5.82 Å². The Kier molecular flexibility index (Phi) is 5.02. The van der Waals surface area contributed by atoms with Gasteiger partial charge in [0.1, 0.15) is 5.82 Å². The fourth-order valence-electron chi connectivity index (χ4n) is 2.18. The number of hydrogen-bond acceptors (Lipinski definition) is 4. The zero-order valence-electron chi connectivity index (χ0n) is 12.8. The molecule has 118 valence electrons. The molecule has 6 heteroatoms. The van der Waals surface area contributed by atoms with Crippen LogP contribution in [0.1, 0.15) is 19.8 Å². The van der Waals surface area contributed by atoms with Gasteiger partial charge in [-0.1, -0.05) is 25.1 Å². The molecule has 0 atom stereocenters. The molecule has 2 aromatic heterocycles. The summed E-state index contributed by atoms with van der Waals surface area (Å²) in [6, 6.07) is 10.2. The predicted octanol–water partition coefficient (Wildman–Crippen LogP) is 4.36. The quantitative estimate of drug-likeness (QED) is 0.498. The van der Waals surface area contributed by atoms with Crippen LogP contribution in [0.2, 0.25) is 0 Å². The summed E-state index contributed by atoms with van der Waals surface area (Å²) in [5, 5.41) is 9.48. The maximum atomic E-state index is 13.2. The fourth-order valence-corrected chi connectivity index (χ4v) is 3.22. The topological polar surface area (TPSA) is 43.6 Å². The zero-order chi connectivity index (χ0) is 16.1. The van der Waals surface area contributed by atoms with Crippen LogP contribution in [0, 0.1) is 5.82 Å². The number of halogens is 1. The molecule has 0 bridgehead atoms. The molecule has 1 aromatic carbocycles. The summed E-state index contributed by atoms with van der Waals surface area (Å²) < 4.78 is 15.2. The summed E-state index contributed by atoms with van der Waals surface area (Å²) in [7, 11) is 0. The Morgan fingerprint density at radius 1 is 1.04 bits per heavy atom. The van der Waals surface area contributed by atoms with E-state index in [2.05, 4.69) is 22.1 Å². The van der Waals surface area contributed by atoms with E-state index in [1.54, 1.807) is 36.3 Å². The SMILES string of the molecule is CCCCSc1nnc(-c2ccncc2)n1-c1ccc(F)cc1. The Balaban J connectivity index is 2.04. The molecular formula is C17H17FN4S. The third-order valence-electron chi connectivity index (χ3n) is 3.39. The summed E-state index contributed by atoms with van der Waals surface area (Å²) >= 11 is 1.67. The molecule has 0 unspecified atom stereocenters. The first-order valence-corrected chi connectivity index (χ1v) is 8.52. The van der Waals surface area contributed by atoms with Gasteiger partial charge < -0.3 is 0 Å². The minimum Gasteiger partial charge on any atom is -0.270 e. The second-order valence-electron chi connectivity index (χ2n) is 5.06. The molecule has 0 amide bonds. The van der Waals surface area contributed by atoms with Crippen LogP contribution in [0.3, 0.4) is 0 Å². The molecule has 4 nitrogen and oxygen atoms in total. The maximum Gasteiger partial charge on any atom is 0.196 e. The van der Waals surface area contributed by atoms with Crippen molar-refractivity contribution in [2.75, 3.05) is 5.75 Å². The highest BCUT2D eigenvalue weighted by Gasteiger charge is 2.15. The van der Waals surface area contributed by atoms with Gasteiger partial charge >= 0.3 is 0 Å². The van der Waals surface area contributed by atoms with E-state index in [0.29, 0.717) is 0 Å². The lowest BCUT2D eigenvalue weighted by molar-refractivity contribution is 0.627. The average Bonchev–Trinajstić information content (AvgIpc) is 3.00. The molecule has 0 aliphatic heterocycles. The van der Waals surface area contributed by atoms with Gasteiger partial charge in [0.2, 0.25) is 0 Å². The molecule has 0 radical (unpaired) electrons. The Bertz CT molecular complexity index is 756. The first kappa shape index (κ1) is 15.7. The molecule has 0 saturated heterocycles. The Labute approximate surface area is 138 Å². The van der Waals surface area contributed by atoms with Gasteiger partial charge in [0, 0.05) is 29.4 Å². The van der Waals surface area contributed by atoms with Gasteiger partial charge in [-0.3, -0.25) is 9.55 Å². The van der Waals surface area contributed by atoms with Gasteiger partial charge in [0.15, 0.2) is 11.0 Å². The standard InChI is InChI=1S/C17H17FN4S/c1-2-3-12-23-17-21-20-16(13-8-10-19-11-9-13)22(17)15-6-4-14(18)5-7-15/h4-11H,2-3,12H2,1H3. The zero-order valence-corrected chi connectivity index (χ0v) is 13.6. The maximum absolute atomic E-state index is 13.2. The molecule has 0 fully saturated rings. The number of benzene rings is 1. The van der Waals surface area contributed by atoms with Gasteiger partial charge in [-0.05, 0) is 42.8 Å². The van der Waals surface area contributed by atoms with Crippen LogP contribution in [0.4, 0.5) is 4.39 Å². The van der Waals surface area contributed by atoms with Crippen molar-refractivity contribution in [3.05, 3.63) is 54.6 Å². The second-order valence-corrected chi connectivity index (χ2v) is 6.12. The van der Waals surface area contributed by atoms with Crippen LogP contribution in [0.15, 0.2) is 53.9 Å². The number of unbranched alkanes of at least 4 members (excludes halogenated alkanes) is 1. The monoisotopic (exact) mass is 328 g/mol. The minimum absolute atomic E-state index is 0.257. The van der Waals surface area contributed by atoms with Crippen LogP contribution in [0.25, 0.3) is 17.1 Å². The number of aromatic nitrogens is 4. The van der Waals surface area contributed by atoms with Gasteiger partial charge in [0.05, 0.1) is 0 Å². The minimum atomic E-state index is -0.257. The normalized spacial score (nSPS) is 10.9. The van der Waals surface area contributed by atoms with E-state index in [4.69, 9.17) is 0 Å². The van der Waals surface area contributed by atoms with Crippen LogP contribution in [-0.4, -0.2) is 25.5 Å². The molecule has 0 spiro atoms. The number of pyridine rings is 1. The van der Waals surface area contributed by atoms with E-state index >= 15 is 0 Å². The molecule has 0 aliphatic rings. The summed E-state index contributed by atoms with van der Waals surface area (Å²) in [5.74, 6) is 1.46. The fraction of sp³-hybridized carbons (Fsp3) is 0.235. The number of rotatable bonds is 6. The van der Waals surface area contributed by atoms with Crippen LogP contribution in [-0.2, 0) is 0 Å². The van der Waals surface area contributed by atoms with Crippen molar-refractivity contribution in [2.24, 2.45) is 0 Å².